The van der Waals surface area contributed by atoms with E-state index in [2.05, 4.69) is 20.3 Å². The van der Waals surface area contributed by atoms with E-state index in [0.29, 0.717) is 0 Å². The van der Waals surface area contributed by atoms with E-state index in [1.165, 1.54) is 0 Å². The zero-order valence-electron chi connectivity index (χ0n) is 8.69. The molecule has 0 unspecified atom stereocenters. The molecule has 0 amide bonds. The quantitative estimate of drug-likeness (QED) is 0.854. The summed E-state index contributed by atoms with van der Waals surface area (Å²) in [6.45, 7) is 2.74. The molecule has 0 aromatic carbocycles. The minimum Gasteiger partial charge on any atom is -0.314 e. The SMILES string of the molecule is CNCc1cc(C)nc(-c2cncs2)n1. The number of hydrogen-bond donors (Lipinski definition) is 1. The Bertz CT molecular complexity index is 439. The molecule has 0 bridgehead atoms. The molecule has 78 valence electrons. The number of aryl methyl sites for hydroxylation is 1. The van der Waals surface area contributed by atoms with E-state index in [1.54, 1.807) is 23.0 Å². The predicted octanol–water partition coefficient (Wildman–Crippen LogP) is 1.63. The van der Waals surface area contributed by atoms with Gasteiger partial charge in [-0.3, -0.25) is 4.98 Å². The monoisotopic (exact) mass is 220 g/mol. The van der Waals surface area contributed by atoms with Gasteiger partial charge in [0.25, 0.3) is 0 Å². The number of thiazole rings is 1. The van der Waals surface area contributed by atoms with Crippen LogP contribution in [0.3, 0.4) is 0 Å². The highest BCUT2D eigenvalue weighted by atomic mass is 32.1. The van der Waals surface area contributed by atoms with Gasteiger partial charge in [-0.25, -0.2) is 9.97 Å². The lowest BCUT2D eigenvalue weighted by molar-refractivity contribution is 0.785. The Kier molecular flexibility index (Phi) is 3.03. The van der Waals surface area contributed by atoms with Crippen molar-refractivity contribution in [2.45, 2.75) is 13.5 Å². The van der Waals surface area contributed by atoms with Gasteiger partial charge >= 0.3 is 0 Å². The number of nitrogens with one attached hydrogen (secondary N) is 1. The van der Waals surface area contributed by atoms with Gasteiger partial charge in [0.1, 0.15) is 0 Å². The van der Waals surface area contributed by atoms with Crippen LogP contribution in [0, 0.1) is 6.92 Å². The molecule has 0 aliphatic rings. The van der Waals surface area contributed by atoms with Crippen molar-refractivity contribution in [1.82, 2.24) is 20.3 Å². The number of hydrogen-bond acceptors (Lipinski definition) is 5. The summed E-state index contributed by atoms with van der Waals surface area (Å²) in [7, 11) is 1.91. The predicted molar refractivity (Wildman–Crippen MR) is 60.6 cm³/mol. The molecule has 2 aromatic rings. The molecule has 4 nitrogen and oxygen atoms in total. The smallest absolute Gasteiger partial charge is 0.171 e. The van der Waals surface area contributed by atoms with Crippen LogP contribution in [0.5, 0.6) is 0 Å². The Balaban J connectivity index is 2.40. The molecule has 0 saturated heterocycles. The molecule has 2 rings (SSSR count). The van der Waals surface area contributed by atoms with Gasteiger partial charge in [0.2, 0.25) is 0 Å². The molecule has 15 heavy (non-hydrogen) atoms. The Hall–Kier alpha value is -1.33. The lowest BCUT2D eigenvalue weighted by atomic mass is 10.3. The van der Waals surface area contributed by atoms with E-state index in [4.69, 9.17) is 0 Å². The maximum atomic E-state index is 4.46. The van der Waals surface area contributed by atoms with E-state index in [1.807, 2.05) is 20.0 Å². The molecular formula is C10H12N4S. The van der Waals surface area contributed by atoms with Gasteiger partial charge in [0, 0.05) is 18.4 Å². The van der Waals surface area contributed by atoms with Crippen molar-refractivity contribution >= 4 is 11.3 Å². The van der Waals surface area contributed by atoms with Crippen LogP contribution in [0.15, 0.2) is 17.8 Å². The van der Waals surface area contributed by atoms with Crippen molar-refractivity contribution in [3.8, 4) is 10.7 Å². The summed E-state index contributed by atoms with van der Waals surface area (Å²) in [6, 6.07) is 1.99. The van der Waals surface area contributed by atoms with Crippen LogP contribution in [0.25, 0.3) is 10.7 Å². The second-order valence-electron chi connectivity index (χ2n) is 3.22. The summed E-state index contributed by atoms with van der Waals surface area (Å²) >= 11 is 1.55. The van der Waals surface area contributed by atoms with Crippen LogP contribution >= 0.6 is 11.3 Å². The van der Waals surface area contributed by atoms with E-state index in [0.717, 1.165) is 28.6 Å². The Morgan fingerprint density at radius 3 is 2.93 bits per heavy atom. The van der Waals surface area contributed by atoms with Gasteiger partial charge < -0.3 is 5.32 Å². The number of rotatable bonds is 3. The van der Waals surface area contributed by atoms with E-state index in [-0.39, 0.29) is 0 Å². The largest absolute Gasteiger partial charge is 0.314 e. The first-order valence-electron chi connectivity index (χ1n) is 4.67. The van der Waals surface area contributed by atoms with Crippen LogP contribution in [0.2, 0.25) is 0 Å². The maximum Gasteiger partial charge on any atom is 0.171 e. The number of nitrogens with zero attached hydrogens (tertiary/aromatic N) is 3. The normalized spacial score (nSPS) is 10.5. The number of aromatic nitrogens is 3. The second kappa shape index (κ2) is 4.46. The molecule has 0 spiro atoms. The van der Waals surface area contributed by atoms with Crippen LogP contribution in [0.4, 0.5) is 0 Å². The van der Waals surface area contributed by atoms with Crippen molar-refractivity contribution in [2.24, 2.45) is 0 Å². The fourth-order valence-corrected chi connectivity index (χ4v) is 1.90. The zero-order valence-corrected chi connectivity index (χ0v) is 9.51. The Labute approximate surface area is 92.4 Å². The molecule has 0 atom stereocenters. The highest BCUT2D eigenvalue weighted by molar-refractivity contribution is 7.13. The zero-order chi connectivity index (χ0) is 10.7. The van der Waals surface area contributed by atoms with Gasteiger partial charge in [0.15, 0.2) is 5.82 Å². The summed E-state index contributed by atoms with van der Waals surface area (Å²) in [5.74, 6) is 0.766. The van der Waals surface area contributed by atoms with Crippen LogP contribution in [-0.4, -0.2) is 22.0 Å². The minimum atomic E-state index is 0.759. The third-order valence-electron chi connectivity index (χ3n) is 1.92. The van der Waals surface area contributed by atoms with E-state index >= 15 is 0 Å². The Morgan fingerprint density at radius 1 is 1.40 bits per heavy atom. The van der Waals surface area contributed by atoms with Gasteiger partial charge in [-0.1, -0.05) is 0 Å². The first-order chi connectivity index (χ1) is 7.29. The first-order valence-corrected chi connectivity index (χ1v) is 5.55. The summed E-state index contributed by atoms with van der Waals surface area (Å²) in [4.78, 5) is 13.9. The van der Waals surface area contributed by atoms with E-state index in [9.17, 15) is 0 Å². The van der Waals surface area contributed by atoms with Crippen molar-refractivity contribution in [1.29, 1.82) is 0 Å². The highest BCUT2D eigenvalue weighted by Gasteiger charge is 2.05. The average Bonchev–Trinajstić information content (AvgIpc) is 2.70. The van der Waals surface area contributed by atoms with Gasteiger partial charge in [-0.05, 0) is 20.0 Å². The molecular weight excluding hydrogens is 208 g/mol. The third-order valence-corrected chi connectivity index (χ3v) is 2.69. The summed E-state index contributed by atoms with van der Waals surface area (Å²) < 4.78 is 0. The fourth-order valence-electron chi connectivity index (χ4n) is 1.34. The van der Waals surface area contributed by atoms with Crippen molar-refractivity contribution in [3.05, 3.63) is 29.2 Å². The van der Waals surface area contributed by atoms with Crippen molar-refractivity contribution in [2.75, 3.05) is 7.05 Å². The third kappa shape index (κ3) is 2.37. The molecule has 0 aliphatic heterocycles. The van der Waals surface area contributed by atoms with Crippen molar-refractivity contribution < 1.29 is 0 Å². The lowest BCUT2D eigenvalue weighted by Crippen LogP contribution is -2.08. The molecule has 2 aromatic heterocycles. The molecule has 2 heterocycles. The van der Waals surface area contributed by atoms with Gasteiger partial charge in [-0.2, -0.15) is 0 Å². The molecule has 1 N–H and O–H groups in total. The molecule has 0 fully saturated rings. The highest BCUT2D eigenvalue weighted by Crippen LogP contribution is 2.19. The topological polar surface area (TPSA) is 50.7 Å². The summed E-state index contributed by atoms with van der Waals surface area (Å²) in [6.07, 6.45) is 1.79. The van der Waals surface area contributed by atoms with Crippen molar-refractivity contribution in [3.63, 3.8) is 0 Å². The van der Waals surface area contributed by atoms with Gasteiger partial charge in [-0.15, -0.1) is 11.3 Å². The van der Waals surface area contributed by atoms with Crippen LogP contribution in [0.1, 0.15) is 11.4 Å². The lowest BCUT2D eigenvalue weighted by Gasteiger charge is -2.03. The molecule has 0 radical (unpaired) electrons. The fraction of sp³-hybridized carbons (Fsp3) is 0.300. The van der Waals surface area contributed by atoms with Crippen LogP contribution < -0.4 is 5.32 Å². The van der Waals surface area contributed by atoms with Crippen LogP contribution in [-0.2, 0) is 6.54 Å². The second-order valence-corrected chi connectivity index (χ2v) is 4.11. The summed E-state index contributed by atoms with van der Waals surface area (Å²) in [5, 5.41) is 3.08. The molecule has 0 aliphatic carbocycles. The molecule has 5 heteroatoms. The van der Waals surface area contributed by atoms with Gasteiger partial charge in [0.05, 0.1) is 16.1 Å². The van der Waals surface area contributed by atoms with E-state index < -0.39 is 0 Å². The molecule has 0 saturated carbocycles. The summed E-state index contributed by atoms with van der Waals surface area (Å²) in [5.41, 5.74) is 3.78. The maximum absolute atomic E-state index is 4.46. The first kappa shape index (κ1) is 10.2. The average molecular weight is 220 g/mol. The Morgan fingerprint density at radius 2 is 2.27 bits per heavy atom. The minimum absolute atomic E-state index is 0.759. The standard InChI is InChI=1S/C10H12N4S/c1-7-3-8(4-11-2)14-10(13-7)9-5-12-6-15-9/h3,5-6,11H,4H2,1-2H3.